The first kappa shape index (κ1) is 15.4. The zero-order valence-electron chi connectivity index (χ0n) is 10.1. The van der Waals surface area contributed by atoms with Crippen LogP contribution in [-0.4, -0.2) is 56.3 Å². The van der Waals surface area contributed by atoms with Crippen molar-refractivity contribution in [3.63, 3.8) is 0 Å². The summed E-state index contributed by atoms with van der Waals surface area (Å²) >= 11 is 11.2. The summed E-state index contributed by atoms with van der Waals surface area (Å²) in [6.07, 6.45) is 1.50. The fourth-order valence-electron chi connectivity index (χ4n) is 1.50. The van der Waals surface area contributed by atoms with Gasteiger partial charge < -0.3 is 0 Å². The van der Waals surface area contributed by atoms with E-state index < -0.39 is 7.51 Å². The largest absolute Gasteiger partial charge is 0.252 e. The van der Waals surface area contributed by atoms with E-state index in [1.54, 1.807) is 0 Å². The van der Waals surface area contributed by atoms with Crippen molar-refractivity contribution in [2.75, 3.05) is 42.3 Å². The molecular weight excluding hydrogens is 254 g/mol. The maximum Gasteiger partial charge on any atom is 0.170 e. The first-order chi connectivity index (χ1) is 6.75. The van der Waals surface area contributed by atoms with Gasteiger partial charge in [-0.25, -0.2) is 4.74 Å². The molecule has 0 aromatic carbocycles. The molecule has 0 rings (SSSR count). The zero-order chi connectivity index (χ0) is 12.2. The molecule has 0 fully saturated rings. The van der Waals surface area contributed by atoms with Gasteiger partial charge in [-0.15, -0.1) is 0 Å². The van der Waals surface area contributed by atoms with E-state index in [-0.39, 0.29) is 4.49 Å². The van der Waals surface area contributed by atoms with Gasteiger partial charge in [-0.3, -0.25) is 14.0 Å². The molecule has 0 amide bonds. The third-order valence-electron chi connectivity index (χ3n) is 1.92. The number of hydrogen-bond donors (Lipinski definition) is 0. The molecule has 0 heterocycles. The Morgan fingerprint density at radius 2 is 1.27 bits per heavy atom. The van der Waals surface area contributed by atoms with Crippen LogP contribution in [0.5, 0.6) is 0 Å². The molecule has 0 atom stereocenters. The van der Waals surface area contributed by atoms with Crippen molar-refractivity contribution in [1.82, 2.24) is 14.0 Å². The van der Waals surface area contributed by atoms with E-state index in [1.807, 2.05) is 42.3 Å². The number of nitrogens with zero attached hydrogens (tertiary/aromatic N) is 4. The van der Waals surface area contributed by atoms with Gasteiger partial charge in [-0.05, 0) is 42.3 Å². The summed E-state index contributed by atoms with van der Waals surface area (Å²) < 4.78 is 10.9. The van der Waals surface area contributed by atoms with Crippen LogP contribution in [0, 0.1) is 0 Å². The monoisotopic (exact) mass is 272 g/mol. The number of rotatable bonds is 4. The molecule has 0 spiro atoms. The molecule has 90 valence electrons. The molecule has 0 aromatic rings. The predicted octanol–water partition coefficient (Wildman–Crippen LogP) is 2.89. The lowest BCUT2D eigenvalue weighted by Gasteiger charge is -2.40. The highest BCUT2D eigenvalue weighted by molar-refractivity contribution is 7.59. The van der Waals surface area contributed by atoms with Crippen molar-refractivity contribution < 1.29 is 0 Å². The molecule has 0 saturated heterocycles. The van der Waals surface area contributed by atoms with Crippen LogP contribution in [0.15, 0.2) is 15.4 Å². The van der Waals surface area contributed by atoms with E-state index >= 15 is 0 Å². The molecule has 0 aromatic heterocycles. The molecule has 0 aliphatic heterocycles. The van der Waals surface area contributed by atoms with Crippen LogP contribution in [0.4, 0.5) is 0 Å². The summed E-state index contributed by atoms with van der Waals surface area (Å²) in [4.78, 5) is 0. The van der Waals surface area contributed by atoms with Crippen molar-refractivity contribution in [3.05, 3.63) is 10.7 Å². The maximum absolute atomic E-state index is 5.59. The Morgan fingerprint density at radius 1 is 0.933 bits per heavy atom. The molecule has 0 aliphatic rings. The highest BCUT2D eigenvalue weighted by Gasteiger charge is 2.27. The molecule has 7 heteroatoms. The van der Waals surface area contributed by atoms with Crippen LogP contribution < -0.4 is 0 Å². The second kappa shape index (κ2) is 6.24. The topological polar surface area (TPSA) is 22.1 Å². The average Bonchev–Trinajstić information content (AvgIpc) is 2.02. The van der Waals surface area contributed by atoms with Crippen molar-refractivity contribution in [2.24, 2.45) is 4.74 Å². The molecule has 4 nitrogen and oxygen atoms in total. The standard InChI is InChI=1S/C8H19Cl2N4P/c1-12(2)15(13(3)4,14(5)6)11-7-8(9)10/h7H,1-6H3. The Hall–Kier alpha value is 0.430. The molecule has 0 N–H and O–H groups in total. The van der Waals surface area contributed by atoms with Crippen LogP contribution >= 0.6 is 30.7 Å². The van der Waals surface area contributed by atoms with Crippen molar-refractivity contribution in [1.29, 1.82) is 0 Å². The summed E-state index contributed by atoms with van der Waals surface area (Å²) in [6, 6.07) is 0. The van der Waals surface area contributed by atoms with Crippen molar-refractivity contribution in [3.8, 4) is 0 Å². The molecule has 0 bridgehead atoms. The van der Waals surface area contributed by atoms with Crippen LogP contribution in [0.3, 0.4) is 0 Å². The molecule has 0 radical (unpaired) electrons. The van der Waals surface area contributed by atoms with E-state index in [4.69, 9.17) is 23.2 Å². The maximum atomic E-state index is 5.59. The molecule has 15 heavy (non-hydrogen) atoms. The molecule has 0 aliphatic carbocycles. The minimum atomic E-state index is -1.89. The Balaban J connectivity index is 5.53. The second-order valence-corrected chi connectivity index (χ2v) is 8.32. The van der Waals surface area contributed by atoms with Crippen molar-refractivity contribution in [2.45, 2.75) is 0 Å². The van der Waals surface area contributed by atoms with E-state index in [1.165, 1.54) is 6.20 Å². The fraction of sp³-hybridized carbons (Fsp3) is 0.750. The Morgan fingerprint density at radius 3 is 1.47 bits per heavy atom. The lowest BCUT2D eigenvalue weighted by molar-refractivity contribution is 0.474. The molecule has 0 unspecified atom stereocenters. The van der Waals surface area contributed by atoms with Gasteiger partial charge in [0, 0.05) is 0 Å². The quantitative estimate of drug-likeness (QED) is 0.735. The second-order valence-electron chi connectivity index (χ2n) is 3.61. The van der Waals surface area contributed by atoms with Crippen LogP contribution in [0.2, 0.25) is 0 Å². The number of hydrogen-bond acceptors (Lipinski definition) is 1. The fourth-order valence-corrected chi connectivity index (χ4v) is 4.77. The minimum absolute atomic E-state index is 0.171. The normalized spacial score (nSPS) is 12.5. The summed E-state index contributed by atoms with van der Waals surface area (Å²) in [7, 11) is 10.1. The lowest BCUT2D eigenvalue weighted by atomic mass is 11.1. The summed E-state index contributed by atoms with van der Waals surface area (Å²) in [5.41, 5.74) is 0. The SMILES string of the molecule is CN(C)P(=NC=C(Cl)Cl)(N(C)C)N(C)C. The van der Waals surface area contributed by atoms with Crippen LogP contribution in [0.1, 0.15) is 0 Å². The van der Waals surface area contributed by atoms with Crippen molar-refractivity contribution >= 4 is 30.7 Å². The highest BCUT2D eigenvalue weighted by Crippen LogP contribution is 2.55. The van der Waals surface area contributed by atoms with Gasteiger partial charge in [0.25, 0.3) is 0 Å². The third-order valence-corrected chi connectivity index (χ3v) is 5.76. The Bertz CT molecular complexity index is 254. The van der Waals surface area contributed by atoms with Gasteiger partial charge in [-0.1, -0.05) is 23.2 Å². The third kappa shape index (κ3) is 3.74. The Kier molecular flexibility index (Phi) is 6.41. The van der Waals surface area contributed by atoms with Gasteiger partial charge in [0.1, 0.15) is 4.49 Å². The summed E-state index contributed by atoms with van der Waals surface area (Å²) in [5, 5.41) is 0. The van der Waals surface area contributed by atoms with E-state index in [0.29, 0.717) is 0 Å². The number of halogens is 2. The lowest BCUT2D eigenvalue weighted by Crippen LogP contribution is -2.30. The minimum Gasteiger partial charge on any atom is -0.252 e. The van der Waals surface area contributed by atoms with E-state index in [0.717, 1.165) is 0 Å². The van der Waals surface area contributed by atoms with Gasteiger partial charge in [-0.2, -0.15) is 0 Å². The summed E-state index contributed by atoms with van der Waals surface area (Å²) in [6.45, 7) is 0. The first-order valence-electron chi connectivity index (χ1n) is 4.41. The van der Waals surface area contributed by atoms with Crippen LogP contribution in [0.25, 0.3) is 0 Å². The summed E-state index contributed by atoms with van der Waals surface area (Å²) in [5.74, 6) is 0. The van der Waals surface area contributed by atoms with E-state index in [2.05, 4.69) is 18.8 Å². The Labute approximate surface area is 103 Å². The zero-order valence-corrected chi connectivity index (χ0v) is 12.5. The van der Waals surface area contributed by atoms with Gasteiger partial charge >= 0.3 is 0 Å². The van der Waals surface area contributed by atoms with E-state index in [9.17, 15) is 0 Å². The van der Waals surface area contributed by atoms with Gasteiger partial charge in [0.2, 0.25) is 0 Å². The van der Waals surface area contributed by atoms with Crippen LogP contribution in [-0.2, 0) is 0 Å². The molecular formula is C8H19Cl2N4P. The first-order valence-corrected chi connectivity index (χ1v) is 6.76. The smallest absolute Gasteiger partial charge is 0.170 e. The average molecular weight is 273 g/mol. The highest BCUT2D eigenvalue weighted by atomic mass is 35.5. The van der Waals surface area contributed by atoms with Gasteiger partial charge in [0.15, 0.2) is 7.51 Å². The molecule has 0 saturated carbocycles. The predicted molar refractivity (Wildman–Crippen MR) is 70.2 cm³/mol. The van der Waals surface area contributed by atoms with Gasteiger partial charge in [0.05, 0.1) is 6.20 Å².